The summed E-state index contributed by atoms with van der Waals surface area (Å²) >= 11 is 0. The molecule has 1 aliphatic carbocycles. The van der Waals surface area contributed by atoms with E-state index < -0.39 is 16.2 Å². The van der Waals surface area contributed by atoms with Gasteiger partial charge in [0.2, 0.25) is 0 Å². The Morgan fingerprint density at radius 1 is 0.194 bits per heavy atom. The molecule has 13 heteroatoms. The average molecular weight is 1780 g/mol. The lowest BCUT2D eigenvalue weighted by atomic mass is 9.61. The van der Waals surface area contributed by atoms with Gasteiger partial charge in [0.05, 0.1) is 67.5 Å². The number of nitriles is 3. The van der Waals surface area contributed by atoms with Gasteiger partial charge in [-0.3, -0.25) is 0 Å². The lowest BCUT2D eigenvalue weighted by Gasteiger charge is -2.48. The van der Waals surface area contributed by atoms with E-state index in [1.54, 1.807) is 18.2 Å². The highest BCUT2D eigenvalue weighted by Gasteiger charge is 2.54. The summed E-state index contributed by atoms with van der Waals surface area (Å²) in [6, 6.07) is 175. The maximum atomic E-state index is 9.75. The van der Waals surface area contributed by atoms with Crippen molar-refractivity contribution in [1.29, 1.82) is 15.8 Å². The first-order chi connectivity index (χ1) is 68.8. The van der Waals surface area contributed by atoms with Gasteiger partial charge in [0, 0.05) is 79.8 Å². The highest BCUT2D eigenvalue weighted by Crippen LogP contribution is 2.66. The smallest absolute Gasteiger partial charge is 0.161 e. The molecule has 650 valence electrons. The Morgan fingerprint density at radius 2 is 0.417 bits per heavy atom. The van der Waals surface area contributed by atoms with E-state index in [-0.39, 0.29) is 0 Å². The Morgan fingerprint density at radius 3 is 0.698 bits per heavy atom. The molecule has 0 radical (unpaired) electrons. The van der Waals surface area contributed by atoms with E-state index >= 15 is 0 Å². The van der Waals surface area contributed by atoms with Gasteiger partial charge in [-0.15, -0.1) is 0 Å². The number of fused-ring (bicyclic) bond motifs is 19. The van der Waals surface area contributed by atoms with E-state index in [0.29, 0.717) is 34.6 Å². The molecule has 2 spiro atoms. The minimum Gasteiger partial charge on any atom is -0.457 e. The molecule has 13 nitrogen and oxygen atoms in total. The van der Waals surface area contributed by atoms with Crippen molar-refractivity contribution >= 4 is 51.2 Å². The predicted octanol–water partition coefficient (Wildman–Crippen LogP) is 29.6. The van der Waals surface area contributed by atoms with Gasteiger partial charge in [-0.1, -0.05) is 346 Å². The van der Waals surface area contributed by atoms with Crippen LogP contribution >= 0.6 is 0 Å². The number of para-hydroxylation sites is 8. The van der Waals surface area contributed by atoms with Gasteiger partial charge in [0.15, 0.2) is 17.5 Å². The quantitative estimate of drug-likeness (QED) is 0.120. The zero-order valence-electron chi connectivity index (χ0n) is 75.0. The molecule has 7 heterocycles. The van der Waals surface area contributed by atoms with Crippen LogP contribution in [-0.2, 0) is 16.2 Å². The first-order valence-electron chi connectivity index (χ1n) is 46.3. The van der Waals surface area contributed by atoms with Gasteiger partial charge < -0.3 is 19.4 Å². The molecular weight excluding hydrogens is 1700 g/mol. The van der Waals surface area contributed by atoms with E-state index in [1.165, 1.54) is 66.8 Å². The van der Waals surface area contributed by atoms with E-state index in [4.69, 9.17) is 19.7 Å². The Bertz CT molecular complexity index is 7960. The van der Waals surface area contributed by atoms with Crippen LogP contribution in [0.5, 0.6) is 11.5 Å². The van der Waals surface area contributed by atoms with Gasteiger partial charge in [-0.05, 0) is 188 Å². The highest BCUT2D eigenvalue weighted by atomic mass is 16.5. The van der Waals surface area contributed by atoms with Crippen molar-refractivity contribution in [1.82, 2.24) is 29.9 Å². The fraction of sp³-hybridized carbons (Fsp3) is 0.0238. The van der Waals surface area contributed by atoms with Crippen LogP contribution in [0.2, 0.25) is 0 Å². The largest absolute Gasteiger partial charge is 0.457 e. The minimum absolute atomic E-state index is 0.333. The molecule has 18 aromatic carbocycles. The summed E-state index contributed by atoms with van der Waals surface area (Å²) < 4.78 is 6.51. The molecule has 0 N–H and O–H groups in total. The fourth-order valence-electron chi connectivity index (χ4n) is 21.6. The van der Waals surface area contributed by atoms with Crippen molar-refractivity contribution < 1.29 is 4.74 Å². The third-order valence-electron chi connectivity index (χ3n) is 27.3. The van der Waals surface area contributed by atoms with Crippen LogP contribution in [0.15, 0.2) is 485 Å². The number of ether oxygens (including phenoxy) is 1. The van der Waals surface area contributed by atoms with Gasteiger partial charge in [-0.25, -0.2) is 29.9 Å². The van der Waals surface area contributed by atoms with Crippen LogP contribution in [0.3, 0.4) is 0 Å². The number of anilines is 9. The van der Waals surface area contributed by atoms with E-state index in [0.717, 1.165) is 124 Å². The lowest BCUT2D eigenvalue weighted by Crippen LogP contribution is -2.39. The highest BCUT2D eigenvalue weighted by molar-refractivity contribution is 5.98. The summed E-state index contributed by atoms with van der Waals surface area (Å²) in [4.78, 5) is 35.3. The Kier molecular flexibility index (Phi) is 20.8. The summed E-state index contributed by atoms with van der Waals surface area (Å²) in [5, 5.41) is 29.2. The third kappa shape index (κ3) is 13.8. The van der Waals surface area contributed by atoms with E-state index in [2.05, 4.69) is 388 Å². The second-order valence-corrected chi connectivity index (χ2v) is 34.7. The zero-order chi connectivity index (χ0) is 93.0. The molecule has 5 aliphatic rings. The topological polar surface area (TPSA) is 168 Å². The molecule has 0 atom stereocenters. The van der Waals surface area contributed by atoms with Gasteiger partial charge in [0.25, 0.3) is 0 Å². The molecule has 26 rings (SSSR count). The number of hydrogen-bond acceptors (Lipinski definition) is 13. The normalized spacial score (nSPS) is 13.2. The van der Waals surface area contributed by atoms with Crippen molar-refractivity contribution in [3.8, 4) is 109 Å². The van der Waals surface area contributed by atoms with Gasteiger partial charge >= 0.3 is 0 Å². The van der Waals surface area contributed by atoms with E-state index in [9.17, 15) is 15.8 Å². The van der Waals surface area contributed by atoms with Crippen molar-refractivity contribution in [2.45, 2.75) is 16.2 Å². The molecule has 3 aromatic heterocycles. The molecule has 21 aromatic rings. The third-order valence-corrected chi connectivity index (χ3v) is 27.3. The SMILES string of the molecule is N#Cc1cc(-c2ccccc2)nc(-c2ccc(N3c4ccccc4C(c4ccccc4)(c4ccccc4)c4ccccc43)cc2)n1.N#Cc1cc(-c2ccccc2)nc(-c2ccc(N3c4ccccc4C4(c5ccccc5-c5ccccc54)c4ccccc43)cc2)n1.N#Cc1cc(-c2ccccc2)nc(-c2ccc(N3c4ccccc4C4(c5ccccc5Oc5ccccc54)c4ccccc43)cc2)n1. The van der Waals surface area contributed by atoms with Crippen LogP contribution in [0, 0.1) is 34.0 Å². The molecule has 0 bridgehead atoms. The summed E-state index contributed by atoms with van der Waals surface area (Å²) in [7, 11) is 0. The van der Waals surface area contributed by atoms with Crippen LogP contribution < -0.4 is 19.4 Å². The monoisotopic (exact) mass is 1780 g/mol. The molecule has 4 aliphatic heterocycles. The Hall–Kier alpha value is -19.1. The van der Waals surface area contributed by atoms with Crippen molar-refractivity contribution in [2.75, 3.05) is 14.7 Å². The number of aromatic nitrogens is 6. The first kappa shape index (κ1) is 83.0. The van der Waals surface area contributed by atoms with Crippen molar-refractivity contribution in [3.63, 3.8) is 0 Å². The van der Waals surface area contributed by atoms with Crippen molar-refractivity contribution in [2.24, 2.45) is 0 Å². The van der Waals surface area contributed by atoms with Crippen LogP contribution in [-0.4, -0.2) is 29.9 Å². The number of rotatable bonds is 11. The standard InChI is InChI=1S/C42H26N4O.C42H26N4.C42H28N4/c43-27-30-26-36(28-12-2-1-3-13-28)45-41(44-30)29-22-24-31(25-23-29)46-37-18-8-4-14-32(37)42(33-15-5-9-19-38(33)46)34-16-6-10-20-39(34)47-40-21-11-7-17-35(40)42;43-27-30-26-38(28-12-2-1-3-13-28)45-41(44-30)29-22-24-31(25-23-29)46-39-20-10-8-18-36(39)42(37-19-9-11-21-40(37)46)34-16-6-4-14-32(34)33-15-5-7-17-35(33)42;43-29-34-28-38(30-14-4-1-5-15-30)45-41(44-34)31-24-26-35(27-25-31)46-39-22-12-10-20-36(39)42(32-16-6-2-7-17-32,33-18-8-3-9-19-33)37-21-11-13-23-40(37)46/h1-26H;1-26H;1-28H. The molecule has 0 saturated heterocycles. The maximum Gasteiger partial charge on any atom is 0.161 e. The molecule has 0 saturated carbocycles. The maximum absolute atomic E-state index is 9.75. The first-order valence-corrected chi connectivity index (χ1v) is 46.3. The number of nitrogens with zero attached hydrogens (tertiary/aromatic N) is 12. The fourth-order valence-corrected chi connectivity index (χ4v) is 21.6. The number of hydrogen-bond donors (Lipinski definition) is 0. The molecule has 139 heavy (non-hydrogen) atoms. The van der Waals surface area contributed by atoms with Crippen LogP contribution in [0.25, 0.3) is 79.1 Å². The average Bonchev–Trinajstić information content (AvgIpc) is 1.30. The lowest BCUT2D eigenvalue weighted by molar-refractivity contribution is 0.434. The van der Waals surface area contributed by atoms with Crippen molar-refractivity contribution in [3.05, 3.63) is 569 Å². The predicted molar refractivity (Wildman–Crippen MR) is 552 cm³/mol. The molecule has 0 unspecified atom stereocenters. The molecular formula is C126H80N12O. The van der Waals surface area contributed by atoms with E-state index in [1.807, 2.05) is 127 Å². The molecule has 0 fully saturated rings. The molecule has 0 amide bonds. The summed E-state index contributed by atoms with van der Waals surface area (Å²) in [6.45, 7) is 0. The summed E-state index contributed by atoms with van der Waals surface area (Å²) in [5.74, 6) is 3.30. The van der Waals surface area contributed by atoms with Gasteiger partial charge in [-0.2, -0.15) is 15.8 Å². The Balaban J connectivity index is 0.000000113. The second kappa shape index (κ2) is 34.8. The van der Waals surface area contributed by atoms with Gasteiger partial charge in [0.1, 0.15) is 46.8 Å². The summed E-state index contributed by atoms with van der Waals surface area (Å²) in [6.07, 6.45) is 0. The Labute approximate surface area is 805 Å². The number of benzene rings is 18. The van der Waals surface area contributed by atoms with Crippen LogP contribution in [0.1, 0.15) is 83.8 Å². The zero-order valence-corrected chi connectivity index (χ0v) is 75.0. The second-order valence-electron chi connectivity index (χ2n) is 34.7. The van der Waals surface area contributed by atoms with Crippen LogP contribution in [0.4, 0.5) is 51.2 Å². The summed E-state index contributed by atoms with van der Waals surface area (Å²) in [5.41, 5.74) is 34.1. The minimum atomic E-state index is -0.575.